The van der Waals surface area contributed by atoms with Crippen molar-refractivity contribution >= 4 is 42.1 Å². The van der Waals surface area contributed by atoms with Crippen molar-refractivity contribution in [3.05, 3.63) is 48.5 Å². The van der Waals surface area contributed by atoms with E-state index in [1.807, 2.05) is 0 Å². The molecule has 0 spiro atoms. The summed E-state index contributed by atoms with van der Waals surface area (Å²) in [6.45, 7) is 1.76. The van der Waals surface area contributed by atoms with Gasteiger partial charge in [-0.05, 0) is 36.8 Å². The molecule has 0 aliphatic rings. The summed E-state index contributed by atoms with van der Waals surface area (Å²) in [7, 11) is -6.57. The molecule has 0 bridgehead atoms. The predicted octanol–water partition coefficient (Wildman–Crippen LogP) is 4.40. The SMILES string of the molecule is CCCS(=O)(=O)c1ccc(OC)c(N=Nc2ccc3c(S(=O)(=O)O)cccc3c2O)c1. The molecule has 0 radical (unpaired) electrons. The summed E-state index contributed by atoms with van der Waals surface area (Å²) in [5.41, 5.74) is 0.162. The predicted molar refractivity (Wildman–Crippen MR) is 115 cm³/mol. The average Bonchev–Trinajstić information content (AvgIpc) is 2.72. The van der Waals surface area contributed by atoms with Gasteiger partial charge in [-0.2, -0.15) is 8.42 Å². The van der Waals surface area contributed by atoms with Gasteiger partial charge < -0.3 is 9.84 Å². The van der Waals surface area contributed by atoms with E-state index >= 15 is 0 Å². The fraction of sp³-hybridized carbons (Fsp3) is 0.200. The minimum atomic E-state index is -4.49. The molecule has 0 saturated carbocycles. The fourth-order valence-electron chi connectivity index (χ4n) is 3.04. The number of benzene rings is 3. The molecular formula is C20H20N2O7S2. The van der Waals surface area contributed by atoms with Gasteiger partial charge in [-0.1, -0.05) is 25.1 Å². The molecule has 0 fully saturated rings. The van der Waals surface area contributed by atoms with Gasteiger partial charge >= 0.3 is 0 Å². The topological polar surface area (TPSA) is 143 Å². The second kappa shape index (κ2) is 8.61. The highest BCUT2D eigenvalue weighted by atomic mass is 32.2. The first-order chi connectivity index (χ1) is 14.6. The van der Waals surface area contributed by atoms with Crippen molar-refractivity contribution in [3.8, 4) is 11.5 Å². The van der Waals surface area contributed by atoms with Gasteiger partial charge in [0.1, 0.15) is 22.0 Å². The molecule has 0 saturated heterocycles. The van der Waals surface area contributed by atoms with Crippen molar-refractivity contribution in [1.82, 2.24) is 0 Å². The Hall–Kier alpha value is -3.02. The Morgan fingerprint density at radius 1 is 0.935 bits per heavy atom. The smallest absolute Gasteiger partial charge is 0.295 e. The van der Waals surface area contributed by atoms with Crippen LogP contribution in [0.2, 0.25) is 0 Å². The maximum absolute atomic E-state index is 12.3. The Labute approximate surface area is 179 Å². The molecule has 2 N–H and O–H groups in total. The van der Waals surface area contributed by atoms with Crippen molar-refractivity contribution < 1.29 is 31.2 Å². The van der Waals surface area contributed by atoms with Gasteiger partial charge in [0.05, 0.1) is 17.8 Å². The Morgan fingerprint density at radius 3 is 2.29 bits per heavy atom. The maximum atomic E-state index is 12.3. The van der Waals surface area contributed by atoms with Crippen molar-refractivity contribution in [1.29, 1.82) is 0 Å². The Kier molecular flexibility index (Phi) is 6.30. The van der Waals surface area contributed by atoms with Gasteiger partial charge in [0.2, 0.25) is 0 Å². The van der Waals surface area contributed by atoms with E-state index in [1.54, 1.807) is 6.92 Å². The number of aromatic hydroxyl groups is 1. The first kappa shape index (κ1) is 22.7. The molecule has 0 heterocycles. The minimum Gasteiger partial charge on any atom is -0.505 e. The van der Waals surface area contributed by atoms with Crippen molar-refractivity contribution in [3.63, 3.8) is 0 Å². The third-order valence-corrected chi connectivity index (χ3v) is 7.33. The molecule has 0 aliphatic carbocycles. The lowest BCUT2D eigenvalue weighted by Gasteiger charge is -2.08. The second-order valence-corrected chi connectivity index (χ2v) is 10.1. The van der Waals surface area contributed by atoms with E-state index in [1.165, 1.54) is 55.6 Å². The van der Waals surface area contributed by atoms with Crippen LogP contribution in [-0.4, -0.2) is 39.4 Å². The largest absolute Gasteiger partial charge is 0.505 e. The number of rotatable bonds is 7. The number of hydrogen-bond donors (Lipinski definition) is 2. The first-order valence-corrected chi connectivity index (χ1v) is 12.2. The van der Waals surface area contributed by atoms with E-state index in [0.29, 0.717) is 6.42 Å². The van der Waals surface area contributed by atoms with Crippen molar-refractivity contribution in [2.24, 2.45) is 10.2 Å². The maximum Gasteiger partial charge on any atom is 0.295 e. The Bertz CT molecular complexity index is 1380. The van der Waals surface area contributed by atoms with Crippen molar-refractivity contribution in [2.45, 2.75) is 23.1 Å². The summed E-state index contributed by atoms with van der Waals surface area (Å²) >= 11 is 0. The van der Waals surface area contributed by atoms with E-state index in [9.17, 15) is 26.5 Å². The van der Waals surface area contributed by atoms with Gasteiger partial charge in [-0.25, -0.2) is 8.42 Å². The van der Waals surface area contributed by atoms with Gasteiger partial charge in [0.15, 0.2) is 15.6 Å². The second-order valence-electron chi connectivity index (χ2n) is 6.61. The van der Waals surface area contributed by atoms with E-state index < -0.39 is 20.0 Å². The summed E-state index contributed by atoms with van der Waals surface area (Å²) in [6, 6.07) is 11.0. The van der Waals surface area contributed by atoms with Gasteiger partial charge in [0, 0.05) is 10.8 Å². The number of ether oxygens (including phenoxy) is 1. The molecule has 31 heavy (non-hydrogen) atoms. The number of methoxy groups -OCH3 is 1. The lowest BCUT2D eigenvalue weighted by atomic mass is 10.1. The summed E-state index contributed by atoms with van der Waals surface area (Å²) in [5, 5.41) is 18.8. The molecular weight excluding hydrogens is 444 g/mol. The van der Waals surface area contributed by atoms with Crippen LogP contribution in [0.4, 0.5) is 11.4 Å². The number of fused-ring (bicyclic) bond motifs is 1. The minimum absolute atomic E-state index is 0.0164. The zero-order chi connectivity index (χ0) is 22.8. The molecule has 9 nitrogen and oxygen atoms in total. The van der Waals surface area contributed by atoms with Gasteiger partial charge in [-0.3, -0.25) is 4.55 Å². The standard InChI is InChI=1S/C20H20N2O7S2/c1-3-11-30(24,25)13-7-10-18(29-2)17(12-13)22-21-16-9-8-14-15(20(16)23)5-4-6-19(14)31(26,27)28/h4-10,12,23H,3,11H2,1-2H3,(H,26,27,28). The van der Waals surface area contributed by atoms with E-state index in [4.69, 9.17) is 4.74 Å². The zero-order valence-electron chi connectivity index (χ0n) is 16.7. The molecule has 0 amide bonds. The first-order valence-electron chi connectivity index (χ1n) is 9.13. The zero-order valence-corrected chi connectivity index (χ0v) is 18.3. The van der Waals surface area contributed by atoms with Crippen LogP contribution in [-0.2, 0) is 20.0 Å². The highest BCUT2D eigenvalue weighted by Gasteiger charge is 2.18. The summed E-state index contributed by atoms with van der Waals surface area (Å²) in [5.74, 6) is -0.0779. The van der Waals surface area contributed by atoms with E-state index in [-0.39, 0.29) is 49.2 Å². The van der Waals surface area contributed by atoms with Crippen LogP contribution in [0, 0.1) is 0 Å². The molecule has 0 unspecified atom stereocenters. The molecule has 0 aliphatic heterocycles. The number of nitrogens with zero attached hydrogens (tertiary/aromatic N) is 2. The van der Waals surface area contributed by atoms with Crippen LogP contribution in [0.25, 0.3) is 10.8 Å². The molecule has 0 aromatic heterocycles. The number of phenolic OH excluding ortho intramolecular Hbond substituents is 1. The fourth-order valence-corrected chi connectivity index (χ4v) is 5.09. The molecule has 0 atom stereocenters. The summed E-state index contributed by atoms with van der Waals surface area (Å²) in [4.78, 5) is -0.274. The van der Waals surface area contributed by atoms with Crippen LogP contribution in [0.3, 0.4) is 0 Å². The highest BCUT2D eigenvalue weighted by Crippen LogP contribution is 2.39. The van der Waals surface area contributed by atoms with Crippen LogP contribution >= 0.6 is 0 Å². The molecule has 3 aromatic carbocycles. The lowest BCUT2D eigenvalue weighted by molar-refractivity contribution is 0.415. The van der Waals surface area contributed by atoms with Crippen LogP contribution in [0.15, 0.2) is 68.6 Å². The number of phenols is 1. The van der Waals surface area contributed by atoms with Crippen LogP contribution in [0.5, 0.6) is 11.5 Å². The lowest BCUT2D eigenvalue weighted by Crippen LogP contribution is -2.05. The monoisotopic (exact) mass is 464 g/mol. The summed E-state index contributed by atoms with van der Waals surface area (Å²) in [6.07, 6.45) is 0.460. The van der Waals surface area contributed by atoms with Gasteiger partial charge in [-0.15, -0.1) is 10.2 Å². The Balaban J connectivity index is 2.09. The highest BCUT2D eigenvalue weighted by molar-refractivity contribution is 7.91. The average molecular weight is 465 g/mol. The quantitative estimate of drug-likeness (QED) is 0.390. The third kappa shape index (κ3) is 4.68. The normalized spacial score (nSPS) is 12.5. The molecule has 11 heteroatoms. The van der Waals surface area contributed by atoms with Crippen LogP contribution in [0.1, 0.15) is 13.3 Å². The summed E-state index contributed by atoms with van der Waals surface area (Å²) < 4.78 is 62.4. The molecule has 3 aromatic rings. The molecule has 3 rings (SSSR count). The van der Waals surface area contributed by atoms with E-state index in [2.05, 4.69) is 10.2 Å². The number of hydrogen-bond acceptors (Lipinski definition) is 8. The van der Waals surface area contributed by atoms with Crippen LogP contribution < -0.4 is 4.74 Å². The van der Waals surface area contributed by atoms with Gasteiger partial charge in [0.25, 0.3) is 10.1 Å². The number of azo groups is 1. The molecule has 164 valence electrons. The Morgan fingerprint density at radius 2 is 1.65 bits per heavy atom. The van der Waals surface area contributed by atoms with Crippen molar-refractivity contribution in [2.75, 3.05) is 12.9 Å². The number of sulfone groups is 1. The van der Waals surface area contributed by atoms with E-state index in [0.717, 1.165) is 0 Å². The third-order valence-electron chi connectivity index (χ3n) is 4.50.